The number of halogens is 1. The van der Waals surface area contributed by atoms with Crippen LogP contribution < -0.4 is 11.1 Å². The Morgan fingerprint density at radius 1 is 1.59 bits per heavy atom. The summed E-state index contributed by atoms with van der Waals surface area (Å²) in [5.74, 6) is -0.393. The molecule has 0 bridgehead atoms. The van der Waals surface area contributed by atoms with Gasteiger partial charge in [0.25, 0.3) is 0 Å². The van der Waals surface area contributed by atoms with Crippen LogP contribution in [-0.4, -0.2) is 29.9 Å². The summed E-state index contributed by atoms with van der Waals surface area (Å²) < 4.78 is 1.05. The lowest BCUT2D eigenvalue weighted by atomic mass is 10.2. The van der Waals surface area contributed by atoms with Gasteiger partial charge in [-0.3, -0.25) is 15.0 Å². The second kappa shape index (κ2) is 6.13. The van der Waals surface area contributed by atoms with Crippen molar-refractivity contribution in [3.63, 3.8) is 0 Å². The molecule has 17 heavy (non-hydrogen) atoms. The fourth-order valence-electron chi connectivity index (χ4n) is 1.25. The third-order valence-electron chi connectivity index (χ3n) is 2.32. The standard InChI is InChI=1S/C10H14BrN3O2S/c1-6(9(15)13-10(12)16)14(2)5-7-3-4-8(11)17-7/h3-4,6H,5H2,1-2H3,(H3,12,13,15,16)/t6-/m1/s1. The second-order valence-electron chi connectivity index (χ2n) is 3.65. The van der Waals surface area contributed by atoms with Crippen molar-refractivity contribution in [1.82, 2.24) is 10.2 Å². The minimum absolute atomic E-state index is 0.393. The average Bonchev–Trinajstić information content (AvgIpc) is 2.61. The molecule has 0 saturated carbocycles. The maximum absolute atomic E-state index is 11.5. The Morgan fingerprint density at radius 2 is 2.24 bits per heavy atom. The van der Waals surface area contributed by atoms with E-state index < -0.39 is 18.0 Å². The summed E-state index contributed by atoms with van der Waals surface area (Å²) in [5.41, 5.74) is 4.89. The fourth-order valence-corrected chi connectivity index (χ4v) is 2.79. The molecule has 0 aromatic carbocycles. The van der Waals surface area contributed by atoms with Gasteiger partial charge in [0.2, 0.25) is 5.91 Å². The topological polar surface area (TPSA) is 75.4 Å². The predicted molar refractivity (Wildman–Crippen MR) is 70.7 cm³/mol. The lowest BCUT2D eigenvalue weighted by Crippen LogP contribution is -2.46. The number of thiophene rings is 1. The summed E-state index contributed by atoms with van der Waals surface area (Å²) in [7, 11) is 1.82. The van der Waals surface area contributed by atoms with Gasteiger partial charge in [-0.25, -0.2) is 4.79 Å². The smallest absolute Gasteiger partial charge is 0.318 e. The third-order valence-corrected chi connectivity index (χ3v) is 3.93. The molecule has 7 heteroatoms. The van der Waals surface area contributed by atoms with E-state index in [9.17, 15) is 9.59 Å². The SMILES string of the molecule is C[C@H](C(=O)NC(N)=O)N(C)Cc1ccc(Br)s1. The van der Waals surface area contributed by atoms with E-state index in [1.807, 2.05) is 24.1 Å². The van der Waals surface area contributed by atoms with Crippen molar-refractivity contribution < 1.29 is 9.59 Å². The molecule has 0 fully saturated rings. The van der Waals surface area contributed by atoms with Gasteiger partial charge in [-0.05, 0) is 42.0 Å². The highest BCUT2D eigenvalue weighted by Gasteiger charge is 2.19. The van der Waals surface area contributed by atoms with Crippen LogP contribution in [-0.2, 0) is 11.3 Å². The first kappa shape index (κ1) is 14.1. The Bertz CT molecular complexity index is 421. The molecule has 0 aliphatic rings. The first-order valence-corrected chi connectivity index (χ1v) is 6.56. The average molecular weight is 320 g/mol. The number of nitrogens with one attached hydrogen (secondary N) is 1. The zero-order chi connectivity index (χ0) is 13.0. The number of nitrogens with zero attached hydrogens (tertiary/aromatic N) is 1. The number of hydrogen-bond donors (Lipinski definition) is 2. The molecule has 94 valence electrons. The maximum Gasteiger partial charge on any atom is 0.318 e. The van der Waals surface area contributed by atoms with Crippen LogP contribution >= 0.6 is 27.3 Å². The lowest BCUT2D eigenvalue weighted by molar-refractivity contribution is -0.124. The molecule has 1 heterocycles. The summed E-state index contributed by atoms with van der Waals surface area (Å²) in [6.45, 7) is 2.37. The molecule has 1 atom stereocenters. The van der Waals surface area contributed by atoms with Crippen molar-refractivity contribution in [3.8, 4) is 0 Å². The van der Waals surface area contributed by atoms with Crippen LogP contribution in [0.25, 0.3) is 0 Å². The highest BCUT2D eigenvalue weighted by atomic mass is 79.9. The van der Waals surface area contributed by atoms with Gasteiger partial charge >= 0.3 is 6.03 Å². The van der Waals surface area contributed by atoms with Gasteiger partial charge in [0.1, 0.15) is 0 Å². The first-order chi connectivity index (χ1) is 7.90. The minimum atomic E-state index is -0.825. The number of hydrogen-bond acceptors (Lipinski definition) is 4. The molecular formula is C10H14BrN3O2S. The number of imide groups is 1. The van der Waals surface area contributed by atoms with Crippen molar-refractivity contribution in [2.45, 2.75) is 19.5 Å². The van der Waals surface area contributed by atoms with Crippen molar-refractivity contribution in [2.75, 3.05) is 7.05 Å². The number of likely N-dealkylation sites (N-methyl/N-ethyl adjacent to an activating group) is 1. The Kier molecular flexibility index (Phi) is 5.10. The minimum Gasteiger partial charge on any atom is -0.351 e. The van der Waals surface area contributed by atoms with Crippen molar-refractivity contribution in [1.29, 1.82) is 0 Å². The molecule has 0 unspecified atom stereocenters. The van der Waals surface area contributed by atoms with Crippen LogP contribution in [0.3, 0.4) is 0 Å². The number of primary amides is 1. The van der Waals surface area contributed by atoms with Gasteiger partial charge in [0.15, 0.2) is 0 Å². The number of carbonyl (C=O) groups excluding carboxylic acids is 2. The van der Waals surface area contributed by atoms with Crippen LogP contribution in [0.15, 0.2) is 15.9 Å². The van der Waals surface area contributed by atoms with Gasteiger partial charge in [0.05, 0.1) is 9.83 Å². The van der Waals surface area contributed by atoms with Crippen LogP contribution in [0.4, 0.5) is 4.79 Å². The number of urea groups is 1. The summed E-state index contributed by atoms with van der Waals surface area (Å²) >= 11 is 4.99. The molecule has 0 spiro atoms. The summed E-state index contributed by atoms with van der Waals surface area (Å²) in [6, 6.07) is 2.71. The van der Waals surface area contributed by atoms with E-state index in [-0.39, 0.29) is 0 Å². The quantitative estimate of drug-likeness (QED) is 0.883. The molecular weight excluding hydrogens is 306 g/mol. The fraction of sp³-hybridized carbons (Fsp3) is 0.400. The number of nitrogens with two attached hydrogens (primary N) is 1. The Labute approximate surface area is 112 Å². The third kappa shape index (κ3) is 4.45. The normalized spacial score (nSPS) is 12.5. The van der Waals surface area contributed by atoms with Gasteiger partial charge in [-0.15, -0.1) is 11.3 Å². The van der Waals surface area contributed by atoms with E-state index in [4.69, 9.17) is 5.73 Å². The van der Waals surface area contributed by atoms with Crippen LogP contribution in [0.1, 0.15) is 11.8 Å². The lowest BCUT2D eigenvalue weighted by Gasteiger charge is -2.22. The van der Waals surface area contributed by atoms with Crippen molar-refractivity contribution >= 4 is 39.2 Å². The number of carbonyl (C=O) groups is 2. The van der Waals surface area contributed by atoms with E-state index in [1.54, 1.807) is 18.3 Å². The summed E-state index contributed by atoms with van der Waals surface area (Å²) in [6.07, 6.45) is 0. The van der Waals surface area contributed by atoms with Gasteiger partial charge in [-0.1, -0.05) is 0 Å². The van der Waals surface area contributed by atoms with Gasteiger partial charge in [0, 0.05) is 11.4 Å². The van der Waals surface area contributed by atoms with Crippen LogP contribution in [0.2, 0.25) is 0 Å². The van der Waals surface area contributed by atoms with Crippen molar-refractivity contribution in [3.05, 3.63) is 20.8 Å². The largest absolute Gasteiger partial charge is 0.351 e. The first-order valence-electron chi connectivity index (χ1n) is 4.95. The zero-order valence-corrected chi connectivity index (χ0v) is 12.0. The van der Waals surface area contributed by atoms with Crippen LogP contribution in [0, 0.1) is 0 Å². The monoisotopic (exact) mass is 319 g/mol. The molecule has 1 aromatic rings. The van der Waals surface area contributed by atoms with E-state index in [2.05, 4.69) is 21.2 Å². The number of amides is 3. The molecule has 1 aromatic heterocycles. The molecule has 0 aliphatic carbocycles. The summed E-state index contributed by atoms with van der Waals surface area (Å²) in [4.78, 5) is 25.1. The Hall–Kier alpha value is -0.920. The Balaban J connectivity index is 2.54. The Morgan fingerprint density at radius 3 is 2.71 bits per heavy atom. The predicted octanol–water partition coefficient (Wildman–Crippen LogP) is 1.53. The highest BCUT2D eigenvalue weighted by Crippen LogP contribution is 2.23. The zero-order valence-electron chi connectivity index (χ0n) is 9.57. The summed E-state index contributed by atoms with van der Waals surface area (Å²) in [5, 5.41) is 2.07. The molecule has 0 aliphatic heterocycles. The maximum atomic E-state index is 11.5. The van der Waals surface area contributed by atoms with E-state index in [0.717, 1.165) is 8.66 Å². The molecule has 0 saturated heterocycles. The van der Waals surface area contributed by atoms with Gasteiger partial charge < -0.3 is 5.73 Å². The van der Waals surface area contributed by atoms with E-state index in [1.165, 1.54) is 0 Å². The molecule has 0 radical (unpaired) electrons. The van der Waals surface area contributed by atoms with E-state index in [0.29, 0.717) is 6.54 Å². The molecule has 3 N–H and O–H groups in total. The second-order valence-corrected chi connectivity index (χ2v) is 6.20. The van der Waals surface area contributed by atoms with E-state index >= 15 is 0 Å². The highest BCUT2D eigenvalue weighted by molar-refractivity contribution is 9.11. The molecule has 5 nitrogen and oxygen atoms in total. The molecule has 1 rings (SSSR count). The van der Waals surface area contributed by atoms with Crippen LogP contribution in [0.5, 0.6) is 0 Å². The van der Waals surface area contributed by atoms with Gasteiger partial charge in [-0.2, -0.15) is 0 Å². The van der Waals surface area contributed by atoms with Crippen molar-refractivity contribution in [2.24, 2.45) is 5.73 Å². The number of rotatable bonds is 4. The molecule has 3 amide bonds.